The van der Waals surface area contributed by atoms with Gasteiger partial charge in [-0.25, -0.2) is 9.59 Å². The fourth-order valence-electron chi connectivity index (χ4n) is 3.69. The first-order valence-electron chi connectivity index (χ1n) is 12.4. The average Bonchev–Trinajstić information content (AvgIpc) is 2.95. The molecule has 0 bridgehead atoms. The molecule has 0 fully saturated rings. The molecule has 4 heterocycles. The Kier molecular flexibility index (Phi) is 10.3. The van der Waals surface area contributed by atoms with E-state index >= 15 is 0 Å². The van der Waals surface area contributed by atoms with Gasteiger partial charge >= 0.3 is 11.4 Å². The van der Waals surface area contributed by atoms with E-state index in [1.807, 2.05) is 26.0 Å². The molecule has 40 heavy (non-hydrogen) atoms. The predicted molar refractivity (Wildman–Crippen MR) is 158 cm³/mol. The number of aromatic nitrogens is 6. The summed E-state index contributed by atoms with van der Waals surface area (Å²) in [5, 5.41) is 27.9. The first-order chi connectivity index (χ1) is 19.3. The maximum atomic E-state index is 11.8. The summed E-state index contributed by atoms with van der Waals surface area (Å²) in [6.07, 6.45) is 4.13. The van der Waals surface area contributed by atoms with Crippen LogP contribution < -0.4 is 22.0 Å². The predicted octanol–water partition coefficient (Wildman–Crippen LogP) is 2.33. The number of hydrogen-bond donors (Lipinski definition) is 6. The molecule has 4 aromatic rings. The molecule has 0 aromatic carbocycles. The number of H-pyrrole nitrogens is 2. The molecular weight excluding hydrogens is 552 g/mol. The highest BCUT2D eigenvalue weighted by atomic mass is 33.1. The number of hydrogen-bond acceptors (Lipinski definition) is 12. The van der Waals surface area contributed by atoms with Crippen LogP contribution in [-0.2, 0) is 0 Å². The summed E-state index contributed by atoms with van der Waals surface area (Å²) >= 11 is 0. The van der Waals surface area contributed by atoms with E-state index in [9.17, 15) is 19.8 Å². The highest BCUT2D eigenvalue weighted by Crippen LogP contribution is 2.27. The van der Waals surface area contributed by atoms with E-state index in [1.165, 1.54) is 12.4 Å². The first kappa shape index (κ1) is 29.3. The molecule has 0 spiro atoms. The van der Waals surface area contributed by atoms with Crippen molar-refractivity contribution in [1.82, 2.24) is 29.9 Å². The summed E-state index contributed by atoms with van der Waals surface area (Å²) in [7, 11) is 3.24. The number of anilines is 2. The molecule has 6 N–H and O–H groups in total. The van der Waals surface area contributed by atoms with Crippen molar-refractivity contribution in [3.8, 4) is 0 Å². The van der Waals surface area contributed by atoms with Gasteiger partial charge in [-0.1, -0.05) is 33.7 Å². The lowest BCUT2D eigenvalue weighted by Crippen LogP contribution is -2.19. The average molecular weight is 583 g/mol. The molecule has 0 aliphatic carbocycles. The molecule has 0 amide bonds. The fraction of sp³-hybridized carbons (Fsp3) is 0.308. The standard InChI is InChI=1S/C26H30N8O4S2/c1-15-3-5-17(11-29-15)21(35)19-13-31-25(37)33-23(19)27-7-9-39-40-10-8-28-24-20(14-32-26(38)34-24)22(36)18-6-4-16(2)30-12-18/h3-6,11-14,21-22,35-36H,7-10H2,1-2H3,(H2,27,31,33,37)(H2,28,32,34,38). The third-order valence-corrected chi connectivity index (χ3v) is 8.21. The molecule has 0 aliphatic heterocycles. The van der Waals surface area contributed by atoms with E-state index in [-0.39, 0.29) is 0 Å². The van der Waals surface area contributed by atoms with E-state index in [1.54, 1.807) is 46.1 Å². The van der Waals surface area contributed by atoms with Crippen LogP contribution >= 0.6 is 21.6 Å². The lowest BCUT2D eigenvalue weighted by Gasteiger charge is -2.16. The minimum absolute atomic E-state index is 0.319. The van der Waals surface area contributed by atoms with E-state index in [0.29, 0.717) is 58.5 Å². The van der Waals surface area contributed by atoms with Gasteiger partial charge in [-0.05, 0) is 26.0 Å². The zero-order valence-corrected chi connectivity index (χ0v) is 23.6. The van der Waals surface area contributed by atoms with Crippen LogP contribution in [0.2, 0.25) is 0 Å². The molecule has 0 saturated heterocycles. The second kappa shape index (κ2) is 14.1. The molecule has 14 heteroatoms. The minimum Gasteiger partial charge on any atom is -0.383 e. The van der Waals surface area contributed by atoms with Crippen molar-refractivity contribution in [2.75, 3.05) is 35.2 Å². The van der Waals surface area contributed by atoms with Gasteiger partial charge in [0.15, 0.2) is 0 Å². The number of pyridine rings is 2. The van der Waals surface area contributed by atoms with Crippen LogP contribution in [0.25, 0.3) is 0 Å². The molecule has 4 rings (SSSR count). The molecule has 2 atom stereocenters. The lowest BCUT2D eigenvalue weighted by atomic mass is 10.1. The number of aliphatic hydroxyl groups excluding tert-OH is 2. The Hall–Kier alpha value is -3.72. The monoisotopic (exact) mass is 582 g/mol. The van der Waals surface area contributed by atoms with Gasteiger partial charge in [0.05, 0.1) is 0 Å². The molecule has 0 radical (unpaired) electrons. The summed E-state index contributed by atoms with van der Waals surface area (Å²) in [5.74, 6) is 2.04. The molecule has 0 aliphatic rings. The van der Waals surface area contributed by atoms with Gasteiger partial charge in [-0.2, -0.15) is 9.97 Å². The summed E-state index contributed by atoms with van der Waals surface area (Å²) in [5.41, 5.74) is 2.77. The summed E-state index contributed by atoms with van der Waals surface area (Å²) in [4.78, 5) is 45.0. The van der Waals surface area contributed by atoms with Crippen molar-refractivity contribution >= 4 is 33.2 Å². The van der Waals surface area contributed by atoms with E-state index < -0.39 is 23.6 Å². The van der Waals surface area contributed by atoms with Crippen molar-refractivity contribution in [2.45, 2.75) is 26.1 Å². The van der Waals surface area contributed by atoms with Crippen LogP contribution in [0.5, 0.6) is 0 Å². The minimum atomic E-state index is -0.988. The topological polar surface area (TPSA) is 182 Å². The van der Waals surface area contributed by atoms with Gasteiger partial charge in [0.1, 0.15) is 23.8 Å². The molecule has 12 nitrogen and oxygen atoms in total. The van der Waals surface area contributed by atoms with Crippen molar-refractivity contribution in [3.05, 3.63) is 104 Å². The zero-order valence-electron chi connectivity index (χ0n) is 21.9. The Morgan fingerprint density at radius 1 is 0.750 bits per heavy atom. The lowest BCUT2D eigenvalue weighted by molar-refractivity contribution is 0.219. The van der Waals surface area contributed by atoms with Gasteiger partial charge in [0.25, 0.3) is 0 Å². The van der Waals surface area contributed by atoms with Crippen LogP contribution in [0.3, 0.4) is 0 Å². The van der Waals surface area contributed by atoms with Gasteiger partial charge in [-0.15, -0.1) is 0 Å². The summed E-state index contributed by atoms with van der Waals surface area (Å²) < 4.78 is 0. The van der Waals surface area contributed by atoms with Crippen molar-refractivity contribution in [3.63, 3.8) is 0 Å². The molecular formula is C26H30N8O4S2. The number of nitrogens with one attached hydrogen (secondary N) is 4. The molecule has 0 saturated carbocycles. The number of aryl methyl sites for hydroxylation is 2. The van der Waals surface area contributed by atoms with E-state index in [4.69, 9.17) is 0 Å². The Bertz CT molecular complexity index is 1400. The van der Waals surface area contributed by atoms with Gasteiger partial charge in [-0.3, -0.25) is 9.97 Å². The van der Waals surface area contributed by atoms with Crippen LogP contribution in [0, 0.1) is 13.8 Å². The first-order valence-corrected chi connectivity index (χ1v) is 14.9. The van der Waals surface area contributed by atoms with Crippen LogP contribution in [0.4, 0.5) is 11.6 Å². The maximum absolute atomic E-state index is 11.8. The quantitative estimate of drug-likeness (QED) is 0.100. The van der Waals surface area contributed by atoms with E-state index in [2.05, 4.69) is 40.5 Å². The Labute approximate surface area is 237 Å². The Morgan fingerprint density at radius 2 is 1.18 bits per heavy atom. The molecule has 2 unspecified atom stereocenters. The smallest absolute Gasteiger partial charge is 0.346 e. The zero-order chi connectivity index (χ0) is 28.5. The largest absolute Gasteiger partial charge is 0.383 e. The van der Waals surface area contributed by atoms with Gasteiger partial charge < -0.3 is 30.8 Å². The van der Waals surface area contributed by atoms with Gasteiger partial charge in [0, 0.05) is 83.0 Å². The summed E-state index contributed by atoms with van der Waals surface area (Å²) in [6, 6.07) is 7.19. The van der Waals surface area contributed by atoms with Crippen molar-refractivity contribution in [1.29, 1.82) is 0 Å². The number of aromatic amines is 2. The third-order valence-electron chi connectivity index (χ3n) is 5.80. The van der Waals surface area contributed by atoms with Gasteiger partial charge in [0.2, 0.25) is 0 Å². The molecule has 210 valence electrons. The van der Waals surface area contributed by atoms with Crippen molar-refractivity contribution in [2.24, 2.45) is 0 Å². The van der Waals surface area contributed by atoms with Crippen LogP contribution in [0.1, 0.15) is 45.8 Å². The Balaban J connectivity index is 1.24. The maximum Gasteiger partial charge on any atom is 0.346 e. The SMILES string of the molecule is Cc1ccc(C(O)c2c[nH]c(=O)nc2NCCSSCCNc2nc(=O)[nH]cc2C(O)c2ccc(C)nc2)cn1. The summed E-state index contributed by atoms with van der Waals surface area (Å²) in [6.45, 7) is 4.76. The fourth-order valence-corrected chi connectivity index (χ4v) is 5.51. The van der Waals surface area contributed by atoms with E-state index in [0.717, 1.165) is 11.4 Å². The van der Waals surface area contributed by atoms with Crippen molar-refractivity contribution < 1.29 is 10.2 Å². The number of rotatable bonds is 13. The number of aliphatic hydroxyl groups is 2. The van der Waals surface area contributed by atoms with Crippen LogP contribution in [0.15, 0.2) is 58.6 Å². The second-order valence-electron chi connectivity index (χ2n) is 8.79. The molecule has 4 aromatic heterocycles. The second-order valence-corrected chi connectivity index (χ2v) is 11.5. The third kappa shape index (κ3) is 7.91. The highest BCUT2D eigenvalue weighted by Gasteiger charge is 2.18. The van der Waals surface area contributed by atoms with Crippen LogP contribution in [-0.4, -0.2) is 64.7 Å². The highest BCUT2D eigenvalue weighted by molar-refractivity contribution is 8.76. The normalized spacial score (nSPS) is 12.6. The number of nitrogens with zero attached hydrogens (tertiary/aromatic N) is 4. The Morgan fingerprint density at radius 3 is 1.55 bits per heavy atom.